The minimum absolute atomic E-state index is 0.169. The Morgan fingerprint density at radius 3 is 2.75 bits per heavy atom. The summed E-state index contributed by atoms with van der Waals surface area (Å²) in [5.74, 6) is 0. The van der Waals surface area contributed by atoms with Crippen LogP contribution in [-0.2, 0) is 0 Å². The monoisotopic (exact) mass is 115 g/mol. The minimum atomic E-state index is -0.169. The number of aliphatic hydroxyl groups excluding tert-OH is 1. The Morgan fingerprint density at radius 1 is 1.75 bits per heavy atom. The quantitative estimate of drug-likeness (QED) is 0.508. The molecule has 0 amide bonds. The standard InChI is InChI=1S/C6H13NO/c1-5(8)6-3-2-4-7-6/h5-8H,2-4H2,1H3/t5?,6-/m0/s1. The molecule has 1 aliphatic rings. The van der Waals surface area contributed by atoms with E-state index in [2.05, 4.69) is 5.32 Å². The normalized spacial score (nSPS) is 33.0. The molecule has 0 aromatic heterocycles. The zero-order valence-corrected chi connectivity index (χ0v) is 5.22. The summed E-state index contributed by atoms with van der Waals surface area (Å²) in [6, 6.07) is 0.370. The second-order valence-corrected chi connectivity index (χ2v) is 2.44. The zero-order chi connectivity index (χ0) is 5.98. The van der Waals surface area contributed by atoms with Gasteiger partial charge in [-0.3, -0.25) is 0 Å². The van der Waals surface area contributed by atoms with E-state index in [1.165, 1.54) is 6.42 Å². The zero-order valence-electron chi connectivity index (χ0n) is 5.22. The van der Waals surface area contributed by atoms with Crippen molar-refractivity contribution in [1.29, 1.82) is 0 Å². The summed E-state index contributed by atoms with van der Waals surface area (Å²) in [6.45, 7) is 2.92. The molecule has 0 aromatic carbocycles. The highest BCUT2D eigenvalue weighted by molar-refractivity contribution is 4.77. The molecular formula is C6H13NO. The van der Waals surface area contributed by atoms with E-state index < -0.39 is 0 Å². The van der Waals surface area contributed by atoms with Gasteiger partial charge in [0.25, 0.3) is 0 Å². The van der Waals surface area contributed by atoms with Crippen LogP contribution < -0.4 is 5.32 Å². The van der Waals surface area contributed by atoms with Gasteiger partial charge in [0.2, 0.25) is 0 Å². The Labute approximate surface area is 49.9 Å². The molecule has 0 aromatic rings. The van der Waals surface area contributed by atoms with Crippen molar-refractivity contribution in [2.24, 2.45) is 0 Å². The molecule has 1 aliphatic heterocycles. The van der Waals surface area contributed by atoms with Gasteiger partial charge in [-0.2, -0.15) is 0 Å². The fourth-order valence-electron chi connectivity index (χ4n) is 1.12. The molecule has 2 atom stereocenters. The van der Waals surface area contributed by atoms with Gasteiger partial charge >= 0.3 is 0 Å². The van der Waals surface area contributed by atoms with Crippen LogP contribution in [0.5, 0.6) is 0 Å². The molecule has 1 saturated heterocycles. The average Bonchev–Trinajstić information content (AvgIpc) is 2.12. The molecular weight excluding hydrogens is 102 g/mol. The topological polar surface area (TPSA) is 32.3 Å². The van der Waals surface area contributed by atoms with E-state index in [0.717, 1.165) is 13.0 Å². The Bertz CT molecular complexity index is 66.9. The Balaban J connectivity index is 2.24. The number of nitrogens with one attached hydrogen (secondary N) is 1. The van der Waals surface area contributed by atoms with Gasteiger partial charge in [-0.15, -0.1) is 0 Å². The lowest BCUT2D eigenvalue weighted by Gasteiger charge is -2.11. The third-order valence-electron chi connectivity index (χ3n) is 1.68. The summed E-state index contributed by atoms with van der Waals surface area (Å²) < 4.78 is 0. The van der Waals surface area contributed by atoms with Gasteiger partial charge in [-0.1, -0.05) is 0 Å². The van der Waals surface area contributed by atoms with Gasteiger partial charge in [0.15, 0.2) is 0 Å². The van der Waals surface area contributed by atoms with Gasteiger partial charge in [-0.25, -0.2) is 0 Å². The van der Waals surface area contributed by atoms with E-state index in [0.29, 0.717) is 6.04 Å². The SMILES string of the molecule is CC(O)[C@@H]1CCCN1. The predicted molar refractivity (Wildman–Crippen MR) is 32.7 cm³/mol. The fraction of sp³-hybridized carbons (Fsp3) is 1.00. The molecule has 2 N–H and O–H groups in total. The lowest BCUT2D eigenvalue weighted by molar-refractivity contribution is 0.154. The van der Waals surface area contributed by atoms with Crippen LogP contribution in [0.2, 0.25) is 0 Å². The van der Waals surface area contributed by atoms with E-state index in [4.69, 9.17) is 5.11 Å². The fourth-order valence-corrected chi connectivity index (χ4v) is 1.12. The highest BCUT2D eigenvalue weighted by Crippen LogP contribution is 2.07. The first-order valence-corrected chi connectivity index (χ1v) is 3.22. The van der Waals surface area contributed by atoms with Crippen molar-refractivity contribution in [2.45, 2.75) is 31.9 Å². The lowest BCUT2D eigenvalue weighted by atomic mass is 10.1. The molecule has 2 heteroatoms. The predicted octanol–water partition coefficient (Wildman–Crippen LogP) is 0.119. The molecule has 0 spiro atoms. The second-order valence-electron chi connectivity index (χ2n) is 2.44. The van der Waals surface area contributed by atoms with Crippen LogP contribution in [0.3, 0.4) is 0 Å². The molecule has 0 aliphatic carbocycles. The minimum Gasteiger partial charge on any atom is -0.392 e. The van der Waals surface area contributed by atoms with Gasteiger partial charge < -0.3 is 10.4 Å². The Hall–Kier alpha value is -0.0800. The van der Waals surface area contributed by atoms with Crippen molar-refractivity contribution in [3.8, 4) is 0 Å². The lowest BCUT2D eigenvalue weighted by Crippen LogP contribution is -2.32. The maximum absolute atomic E-state index is 8.99. The summed E-state index contributed by atoms with van der Waals surface area (Å²) in [5.41, 5.74) is 0. The molecule has 1 heterocycles. The molecule has 0 radical (unpaired) electrons. The summed E-state index contributed by atoms with van der Waals surface area (Å²) >= 11 is 0. The maximum Gasteiger partial charge on any atom is 0.0665 e. The smallest absolute Gasteiger partial charge is 0.0665 e. The number of hydrogen-bond acceptors (Lipinski definition) is 2. The highest BCUT2D eigenvalue weighted by atomic mass is 16.3. The molecule has 1 fully saturated rings. The number of hydrogen-bond donors (Lipinski definition) is 2. The largest absolute Gasteiger partial charge is 0.392 e. The van der Waals surface area contributed by atoms with Crippen LogP contribution in [-0.4, -0.2) is 23.8 Å². The van der Waals surface area contributed by atoms with Crippen LogP contribution in [0.15, 0.2) is 0 Å². The van der Waals surface area contributed by atoms with E-state index in [-0.39, 0.29) is 6.10 Å². The van der Waals surface area contributed by atoms with E-state index in [9.17, 15) is 0 Å². The van der Waals surface area contributed by atoms with Crippen LogP contribution in [0.1, 0.15) is 19.8 Å². The third kappa shape index (κ3) is 1.20. The first-order valence-electron chi connectivity index (χ1n) is 3.22. The third-order valence-corrected chi connectivity index (χ3v) is 1.68. The van der Waals surface area contributed by atoms with Crippen molar-refractivity contribution < 1.29 is 5.11 Å². The van der Waals surface area contributed by atoms with E-state index in [1.807, 2.05) is 6.92 Å². The van der Waals surface area contributed by atoms with E-state index in [1.54, 1.807) is 0 Å². The first kappa shape index (κ1) is 6.05. The summed E-state index contributed by atoms with van der Waals surface area (Å²) in [5, 5.41) is 12.2. The maximum atomic E-state index is 8.99. The first-order chi connectivity index (χ1) is 3.80. The van der Waals surface area contributed by atoms with Crippen molar-refractivity contribution in [1.82, 2.24) is 5.32 Å². The molecule has 1 unspecified atom stereocenters. The Morgan fingerprint density at radius 2 is 2.50 bits per heavy atom. The van der Waals surface area contributed by atoms with Crippen molar-refractivity contribution >= 4 is 0 Å². The van der Waals surface area contributed by atoms with Gasteiger partial charge in [0.05, 0.1) is 6.10 Å². The molecule has 2 nitrogen and oxygen atoms in total. The average molecular weight is 115 g/mol. The van der Waals surface area contributed by atoms with Crippen molar-refractivity contribution in [3.05, 3.63) is 0 Å². The van der Waals surface area contributed by atoms with Crippen LogP contribution in [0.25, 0.3) is 0 Å². The van der Waals surface area contributed by atoms with Crippen LogP contribution in [0, 0.1) is 0 Å². The molecule has 0 saturated carbocycles. The summed E-state index contributed by atoms with van der Waals surface area (Å²) in [4.78, 5) is 0. The molecule has 0 bridgehead atoms. The van der Waals surface area contributed by atoms with Gasteiger partial charge in [-0.05, 0) is 26.3 Å². The van der Waals surface area contributed by atoms with Crippen molar-refractivity contribution in [3.63, 3.8) is 0 Å². The Kier molecular flexibility index (Phi) is 1.86. The summed E-state index contributed by atoms with van der Waals surface area (Å²) in [7, 11) is 0. The number of aliphatic hydroxyl groups is 1. The molecule has 8 heavy (non-hydrogen) atoms. The summed E-state index contributed by atoms with van der Waals surface area (Å²) in [6.07, 6.45) is 2.19. The van der Waals surface area contributed by atoms with Gasteiger partial charge in [0.1, 0.15) is 0 Å². The van der Waals surface area contributed by atoms with Crippen molar-refractivity contribution in [2.75, 3.05) is 6.54 Å². The highest BCUT2D eigenvalue weighted by Gasteiger charge is 2.17. The van der Waals surface area contributed by atoms with Crippen LogP contribution >= 0.6 is 0 Å². The van der Waals surface area contributed by atoms with E-state index >= 15 is 0 Å². The molecule has 48 valence electrons. The molecule has 1 rings (SSSR count). The second kappa shape index (κ2) is 2.46. The van der Waals surface area contributed by atoms with Gasteiger partial charge in [0, 0.05) is 6.04 Å². The number of rotatable bonds is 1. The van der Waals surface area contributed by atoms with Crippen LogP contribution in [0.4, 0.5) is 0 Å².